The largest absolute Gasteiger partial charge is 0.477 e. The molecule has 8 heteroatoms. The maximum atomic E-state index is 13.4. The SMILES string of the molecule is CC(=O)OC(C(=O)O)N1C(=O)NC(c2ccccc2)(c2ccccc2)C1=O. The molecule has 0 bridgehead atoms. The average Bonchev–Trinajstić information content (AvgIpc) is 2.92. The van der Waals surface area contributed by atoms with Gasteiger partial charge in [0.25, 0.3) is 12.1 Å². The summed E-state index contributed by atoms with van der Waals surface area (Å²) in [7, 11) is 0. The van der Waals surface area contributed by atoms with Crippen LogP contribution < -0.4 is 5.32 Å². The molecule has 0 saturated carbocycles. The van der Waals surface area contributed by atoms with Gasteiger partial charge in [-0.15, -0.1) is 0 Å². The number of benzene rings is 2. The second-order valence-corrected chi connectivity index (χ2v) is 5.89. The van der Waals surface area contributed by atoms with E-state index in [0.29, 0.717) is 16.0 Å². The van der Waals surface area contributed by atoms with Gasteiger partial charge < -0.3 is 15.2 Å². The number of nitrogens with zero attached hydrogens (tertiary/aromatic N) is 1. The number of ether oxygens (including phenoxy) is 1. The molecular weight excluding hydrogens is 352 g/mol. The maximum Gasteiger partial charge on any atom is 0.367 e. The summed E-state index contributed by atoms with van der Waals surface area (Å²) in [4.78, 5) is 49.2. The van der Waals surface area contributed by atoms with Crippen LogP contribution in [0.2, 0.25) is 0 Å². The van der Waals surface area contributed by atoms with Gasteiger partial charge in [0.2, 0.25) is 0 Å². The monoisotopic (exact) mass is 368 g/mol. The smallest absolute Gasteiger partial charge is 0.367 e. The lowest BCUT2D eigenvalue weighted by Gasteiger charge is -2.28. The van der Waals surface area contributed by atoms with Gasteiger partial charge in [-0.1, -0.05) is 60.7 Å². The number of imide groups is 1. The van der Waals surface area contributed by atoms with Gasteiger partial charge in [0.1, 0.15) is 0 Å². The van der Waals surface area contributed by atoms with Crippen molar-refractivity contribution in [3.63, 3.8) is 0 Å². The van der Waals surface area contributed by atoms with E-state index >= 15 is 0 Å². The van der Waals surface area contributed by atoms with E-state index in [1.807, 2.05) is 0 Å². The van der Waals surface area contributed by atoms with E-state index in [1.165, 1.54) is 0 Å². The third kappa shape index (κ3) is 3.01. The van der Waals surface area contributed by atoms with Crippen LogP contribution in [0.25, 0.3) is 0 Å². The molecule has 1 heterocycles. The van der Waals surface area contributed by atoms with Crippen molar-refractivity contribution in [1.82, 2.24) is 10.2 Å². The quantitative estimate of drug-likeness (QED) is 0.610. The van der Waals surface area contributed by atoms with Crippen molar-refractivity contribution < 1.29 is 29.0 Å². The Morgan fingerprint density at radius 2 is 1.48 bits per heavy atom. The first-order valence-electron chi connectivity index (χ1n) is 8.05. The number of esters is 1. The van der Waals surface area contributed by atoms with Crippen molar-refractivity contribution in [3.8, 4) is 0 Å². The van der Waals surface area contributed by atoms with E-state index in [2.05, 4.69) is 5.32 Å². The van der Waals surface area contributed by atoms with Crippen LogP contribution >= 0.6 is 0 Å². The van der Waals surface area contributed by atoms with Crippen LogP contribution in [0.5, 0.6) is 0 Å². The highest BCUT2D eigenvalue weighted by atomic mass is 16.6. The number of carboxylic acid groups (broad SMARTS) is 1. The highest BCUT2D eigenvalue weighted by Crippen LogP contribution is 2.36. The molecule has 3 amide bonds. The minimum Gasteiger partial charge on any atom is -0.477 e. The number of hydrogen-bond donors (Lipinski definition) is 2. The summed E-state index contributed by atoms with van der Waals surface area (Å²) >= 11 is 0. The summed E-state index contributed by atoms with van der Waals surface area (Å²) in [6.07, 6.45) is -2.07. The van der Waals surface area contributed by atoms with Gasteiger partial charge in [-0.3, -0.25) is 9.59 Å². The zero-order valence-electron chi connectivity index (χ0n) is 14.3. The van der Waals surface area contributed by atoms with Crippen LogP contribution in [0.4, 0.5) is 4.79 Å². The van der Waals surface area contributed by atoms with E-state index < -0.39 is 35.6 Å². The summed E-state index contributed by atoms with van der Waals surface area (Å²) < 4.78 is 4.71. The second-order valence-electron chi connectivity index (χ2n) is 5.89. The number of urea groups is 1. The number of aliphatic carboxylic acids is 1. The molecule has 3 rings (SSSR count). The fourth-order valence-electron chi connectivity index (χ4n) is 3.07. The molecule has 1 unspecified atom stereocenters. The molecule has 0 aliphatic carbocycles. The summed E-state index contributed by atoms with van der Waals surface area (Å²) in [5.74, 6) is -3.41. The van der Waals surface area contributed by atoms with Crippen LogP contribution in [-0.2, 0) is 24.7 Å². The van der Waals surface area contributed by atoms with Crippen molar-refractivity contribution in [2.45, 2.75) is 18.7 Å². The maximum absolute atomic E-state index is 13.4. The van der Waals surface area contributed by atoms with Crippen molar-refractivity contribution in [2.24, 2.45) is 0 Å². The van der Waals surface area contributed by atoms with Gasteiger partial charge in [-0.05, 0) is 11.1 Å². The fourth-order valence-corrected chi connectivity index (χ4v) is 3.07. The lowest BCUT2D eigenvalue weighted by molar-refractivity contribution is -0.175. The van der Waals surface area contributed by atoms with Crippen LogP contribution in [0.3, 0.4) is 0 Å². The number of nitrogens with one attached hydrogen (secondary N) is 1. The molecule has 2 aromatic carbocycles. The molecular formula is C19H16N2O6. The fraction of sp³-hybridized carbons (Fsp3) is 0.158. The molecule has 2 aromatic rings. The molecule has 1 saturated heterocycles. The van der Waals surface area contributed by atoms with E-state index in [4.69, 9.17) is 4.74 Å². The highest BCUT2D eigenvalue weighted by molar-refractivity contribution is 6.11. The van der Waals surface area contributed by atoms with Crippen LogP contribution in [0.15, 0.2) is 60.7 Å². The first kappa shape index (κ1) is 18.1. The number of rotatable bonds is 5. The molecule has 1 aliphatic heterocycles. The normalized spacial score (nSPS) is 16.6. The van der Waals surface area contributed by atoms with Crippen molar-refractivity contribution in [1.29, 1.82) is 0 Å². The molecule has 1 fully saturated rings. The predicted octanol–water partition coefficient (Wildman–Crippen LogP) is 1.46. The van der Waals surface area contributed by atoms with Gasteiger partial charge in [-0.2, -0.15) is 0 Å². The minimum atomic E-state index is -2.07. The Balaban J connectivity index is 2.17. The van der Waals surface area contributed by atoms with Gasteiger partial charge in [-0.25, -0.2) is 14.5 Å². The lowest BCUT2D eigenvalue weighted by Crippen LogP contribution is -2.49. The molecule has 0 radical (unpaired) electrons. The molecule has 0 spiro atoms. The Labute approximate surface area is 154 Å². The summed E-state index contributed by atoms with van der Waals surface area (Å²) in [6.45, 7) is 0.996. The molecule has 0 aromatic heterocycles. The Morgan fingerprint density at radius 1 is 1.00 bits per heavy atom. The molecule has 2 N–H and O–H groups in total. The van der Waals surface area contributed by atoms with Crippen LogP contribution in [-0.4, -0.2) is 40.1 Å². The standard InChI is InChI=1S/C19H16N2O6/c1-12(22)27-15(16(23)24)21-17(25)19(20-18(21)26,13-8-4-2-5-9-13)14-10-6-3-7-11-14/h2-11,15H,1H3,(H,20,26)(H,23,24). The van der Waals surface area contributed by atoms with Gasteiger partial charge >= 0.3 is 18.0 Å². The van der Waals surface area contributed by atoms with Crippen LogP contribution in [0.1, 0.15) is 18.1 Å². The van der Waals surface area contributed by atoms with Gasteiger partial charge in [0.15, 0.2) is 5.54 Å². The Kier molecular flexibility index (Phi) is 4.64. The van der Waals surface area contributed by atoms with Gasteiger partial charge in [0, 0.05) is 6.92 Å². The average molecular weight is 368 g/mol. The van der Waals surface area contributed by atoms with E-state index in [1.54, 1.807) is 60.7 Å². The molecule has 1 aliphatic rings. The molecule has 27 heavy (non-hydrogen) atoms. The lowest BCUT2D eigenvalue weighted by atomic mass is 9.82. The zero-order chi connectivity index (χ0) is 19.6. The number of hydrogen-bond acceptors (Lipinski definition) is 5. The van der Waals surface area contributed by atoms with E-state index in [0.717, 1.165) is 6.92 Å². The predicted molar refractivity (Wildman–Crippen MR) is 92.2 cm³/mol. The zero-order valence-corrected chi connectivity index (χ0v) is 14.3. The van der Waals surface area contributed by atoms with Crippen molar-refractivity contribution in [3.05, 3.63) is 71.8 Å². The summed E-state index contributed by atoms with van der Waals surface area (Å²) in [5, 5.41) is 12.0. The number of carbonyl (C=O) groups excluding carboxylic acids is 3. The Morgan fingerprint density at radius 3 is 1.89 bits per heavy atom. The number of carboxylic acids is 1. The first-order chi connectivity index (χ1) is 12.9. The summed E-state index contributed by atoms with van der Waals surface area (Å²) in [6, 6.07) is 15.9. The molecule has 8 nitrogen and oxygen atoms in total. The minimum absolute atomic E-state index is 0.420. The Bertz CT molecular complexity index is 857. The topological polar surface area (TPSA) is 113 Å². The third-order valence-electron chi connectivity index (χ3n) is 4.19. The highest BCUT2D eigenvalue weighted by Gasteiger charge is 2.57. The first-order valence-corrected chi connectivity index (χ1v) is 8.05. The summed E-state index contributed by atoms with van der Waals surface area (Å²) in [5.41, 5.74) is -0.735. The van der Waals surface area contributed by atoms with Crippen molar-refractivity contribution in [2.75, 3.05) is 0 Å². The Hall–Kier alpha value is -3.68. The van der Waals surface area contributed by atoms with Crippen molar-refractivity contribution >= 4 is 23.9 Å². The molecule has 138 valence electrons. The molecule has 1 atom stereocenters. The van der Waals surface area contributed by atoms with E-state index in [9.17, 15) is 24.3 Å². The third-order valence-corrected chi connectivity index (χ3v) is 4.19. The number of carbonyl (C=O) groups is 4. The van der Waals surface area contributed by atoms with E-state index in [-0.39, 0.29) is 0 Å². The van der Waals surface area contributed by atoms with Gasteiger partial charge in [0.05, 0.1) is 0 Å². The number of amides is 3. The van der Waals surface area contributed by atoms with Crippen LogP contribution in [0, 0.1) is 0 Å². The second kappa shape index (κ2) is 6.91.